The van der Waals surface area contributed by atoms with E-state index in [1.165, 1.54) is 4.90 Å². The summed E-state index contributed by atoms with van der Waals surface area (Å²) in [4.78, 5) is 35.7. The molecule has 2 aliphatic rings. The molecule has 14 heavy (non-hydrogen) atoms. The first kappa shape index (κ1) is 8.98. The summed E-state index contributed by atoms with van der Waals surface area (Å²) in [6, 6.07) is -0.535. The highest BCUT2D eigenvalue weighted by Gasteiger charge is 2.43. The molecule has 0 radical (unpaired) electrons. The Morgan fingerprint density at radius 1 is 1.36 bits per heavy atom. The summed E-state index contributed by atoms with van der Waals surface area (Å²) < 4.78 is 0. The van der Waals surface area contributed by atoms with Crippen LogP contribution in [0.1, 0.15) is 12.8 Å². The van der Waals surface area contributed by atoms with Crippen molar-refractivity contribution in [1.82, 2.24) is 9.80 Å². The van der Waals surface area contributed by atoms with Gasteiger partial charge >= 0.3 is 6.09 Å². The number of hydrogen-bond donors (Lipinski definition) is 1. The molecule has 1 atom stereocenters. The predicted octanol–water partition coefficient (Wildman–Crippen LogP) is -0.502. The van der Waals surface area contributed by atoms with Crippen molar-refractivity contribution in [2.45, 2.75) is 18.9 Å². The van der Waals surface area contributed by atoms with E-state index in [-0.39, 0.29) is 12.5 Å². The second-order valence-electron chi connectivity index (χ2n) is 3.41. The van der Waals surface area contributed by atoms with Crippen LogP contribution in [0, 0.1) is 0 Å². The second kappa shape index (κ2) is 2.97. The minimum atomic E-state index is -1.23. The normalized spacial score (nSPS) is 26.7. The number of nitrogens with zero attached hydrogens (tertiary/aromatic N) is 2. The number of fused-ring (bicyclic) bond motifs is 1. The van der Waals surface area contributed by atoms with Crippen molar-refractivity contribution in [2.24, 2.45) is 0 Å². The molecule has 2 rings (SSSR count). The van der Waals surface area contributed by atoms with Gasteiger partial charge in [-0.15, -0.1) is 0 Å². The summed E-state index contributed by atoms with van der Waals surface area (Å²) in [5.41, 5.74) is 0. The highest BCUT2D eigenvalue weighted by atomic mass is 16.4. The summed E-state index contributed by atoms with van der Waals surface area (Å²) in [5.74, 6) is -0.511. The highest BCUT2D eigenvalue weighted by molar-refractivity contribution is 5.99. The van der Waals surface area contributed by atoms with E-state index in [9.17, 15) is 14.4 Å². The number of imide groups is 1. The van der Waals surface area contributed by atoms with Crippen LogP contribution in [0.5, 0.6) is 0 Å². The lowest BCUT2D eigenvalue weighted by Crippen LogP contribution is -2.56. The maximum atomic E-state index is 11.5. The predicted molar refractivity (Wildman–Crippen MR) is 44.5 cm³/mol. The Hall–Kier alpha value is -1.59. The minimum absolute atomic E-state index is 0.0478. The van der Waals surface area contributed by atoms with Crippen molar-refractivity contribution in [2.75, 3.05) is 13.1 Å². The lowest BCUT2D eigenvalue weighted by molar-refractivity contribution is -0.144. The van der Waals surface area contributed by atoms with Gasteiger partial charge in [-0.25, -0.2) is 9.69 Å². The third-order valence-corrected chi connectivity index (χ3v) is 2.67. The molecule has 2 saturated heterocycles. The van der Waals surface area contributed by atoms with Crippen LogP contribution >= 0.6 is 0 Å². The van der Waals surface area contributed by atoms with Crippen LogP contribution in [-0.2, 0) is 9.59 Å². The number of carbonyl (C=O) groups is 3. The van der Waals surface area contributed by atoms with Crippen molar-refractivity contribution in [3.63, 3.8) is 0 Å². The smallest absolute Gasteiger partial charge is 0.414 e. The molecule has 0 saturated carbocycles. The number of rotatable bonds is 0. The van der Waals surface area contributed by atoms with E-state index in [1.54, 1.807) is 0 Å². The second-order valence-corrected chi connectivity index (χ2v) is 3.41. The SMILES string of the molecule is O=C(O)N1CCN2C(=O)CCC2C1=O. The van der Waals surface area contributed by atoms with E-state index >= 15 is 0 Å². The monoisotopic (exact) mass is 198 g/mol. The average Bonchev–Trinajstić information content (AvgIpc) is 2.49. The lowest BCUT2D eigenvalue weighted by Gasteiger charge is -2.33. The van der Waals surface area contributed by atoms with Gasteiger partial charge in [-0.3, -0.25) is 9.59 Å². The van der Waals surface area contributed by atoms with Crippen molar-refractivity contribution >= 4 is 17.9 Å². The first-order valence-electron chi connectivity index (χ1n) is 4.45. The van der Waals surface area contributed by atoms with Gasteiger partial charge in [0.25, 0.3) is 5.91 Å². The Kier molecular flexibility index (Phi) is 1.90. The Labute approximate surface area is 80.1 Å². The molecule has 2 fully saturated rings. The molecule has 0 bridgehead atoms. The maximum absolute atomic E-state index is 11.5. The summed E-state index contributed by atoms with van der Waals surface area (Å²) in [7, 11) is 0. The number of piperazine rings is 1. The van der Waals surface area contributed by atoms with Crippen molar-refractivity contribution in [3.05, 3.63) is 0 Å². The lowest BCUT2D eigenvalue weighted by atomic mass is 10.1. The minimum Gasteiger partial charge on any atom is -0.465 e. The zero-order chi connectivity index (χ0) is 10.3. The van der Waals surface area contributed by atoms with E-state index in [0.717, 1.165) is 4.90 Å². The van der Waals surface area contributed by atoms with E-state index in [0.29, 0.717) is 19.4 Å². The summed E-state index contributed by atoms with van der Waals surface area (Å²) in [6.45, 7) is 0.429. The Morgan fingerprint density at radius 3 is 2.71 bits per heavy atom. The first-order valence-corrected chi connectivity index (χ1v) is 4.45. The Bertz CT molecular complexity index is 314. The largest absolute Gasteiger partial charge is 0.465 e. The van der Waals surface area contributed by atoms with E-state index in [2.05, 4.69) is 0 Å². The molecular formula is C8H10N2O4. The molecule has 1 unspecified atom stereocenters. The third kappa shape index (κ3) is 1.14. The van der Waals surface area contributed by atoms with Gasteiger partial charge in [-0.2, -0.15) is 0 Å². The zero-order valence-electron chi connectivity index (χ0n) is 7.47. The van der Waals surface area contributed by atoms with Gasteiger partial charge in [-0.1, -0.05) is 0 Å². The fraction of sp³-hybridized carbons (Fsp3) is 0.625. The number of amides is 3. The van der Waals surface area contributed by atoms with Crippen molar-refractivity contribution in [3.8, 4) is 0 Å². The van der Waals surface area contributed by atoms with Gasteiger partial charge in [0.2, 0.25) is 5.91 Å². The molecule has 6 nitrogen and oxygen atoms in total. The molecule has 0 aliphatic carbocycles. The van der Waals surface area contributed by atoms with Crippen LogP contribution in [0.15, 0.2) is 0 Å². The standard InChI is InChI=1S/C8H10N2O4/c11-6-2-1-5-7(12)10(8(13)14)4-3-9(5)6/h5H,1-4H2,(H,13,14). The molecule has 3 amide bonds. The number of carbonyl (C=O) groups excluding carboxylic acids is 2. The first-order chi connectivity index (χ1) is 6.61. The van der Waals surface area contributed by atoms with Gasteiger partial charge < -0.3 is 10.0 Å². The van der Waals surface area contributed by atoms with Crippen molar-refractivity contribution in [1.29, 1.82) is 0 Å². The molecular weight excluding hydrogens is 188 g/mol. The van der Waals surface area contributed by atoms with E-state index in [4.69, 9.17) is 5.11 Å². The van der Waals surface area contributed by atoms with Gasteiger partial charge in [0.05, 0.1) is 0 Å². The molecule has 0 aromatic heterocycles. The van der Waals surface area contributed by atoms with Crippen LogP contribution in [0.2, 0.25) is 0 Å². The Balaban J connectivity index is 2.18. The quantitative estimate of drug-likeness (QED) is 0.569. The molecule has 0 aromatic carbocycles. The molecule has 2 aliphatic heterocycles. The van der Waals surface area contributed by atoms with Crippen LogP contribution in [-0.4, -0.2) is 51.9 Å². The number of hydrogen-bond acceptors (Lipinski definition) is 3. The topological polar surface area (TPSA) is 77.9 Å². The van der Waals surface area contributed by atoms with Crippen LogP contribution in [0.4, 0.5) is 4.79 Å². The van der Waals surface area contributed by atoms with E-state index < -0.39 is 18.0 Å². The van der Waals surface area contributed by atoms with Gasteiger partial charge in [0.15, 0.2) is 0 Å². The number of carboxylic acid groups (broad SMARTS) is 1. The molecule has 76 valence electrons. The Morgan fingerprint density at radius 2 is 2.07 bits per heavy atom. The van der Waals surface area contributed by atoms with Crippen LogP contribution < -0.4 is 0 Å². The van der Waals surface area contributed by atoms with Gasteiger partial charge in [0.1, 0.15) is 6.04 Å². The van der Waals surface area contributed by atoms with Gasteiger partial charge in [0, 0.05) is 19.5 Å². The molecule has 1 N–H and O–H groups in total. The molecule has 2 heterocycles. The third-order valence-electron chi connectivity index (χ3n) is 2.67. The zero-order valence-corrected chi connectivity index (χ0v) is 7.47. The summed E-state index contributed by atoms with van der Waals surface area (Å²) in [6.07, 6.45) is -0.431. The van der Waals surface area contributed by atoms with Gasteiger partial charge in [-0.05, 0) is 6.42 Å². The van der Waals surface area contributed by atoms with Crippen LogP contribution in [0.3, 0.4) is 0 Å². The van der Waals surface area contributed by atoms with Crippen molar-refractivity contribution < 1.29 is 19.5 Å². The van der Waals surface area contributed by atoms with Crippen LogP contribution in [0.25, 0.3) is 0 Å². The highest BCUT2D eigenvalue weighted by Crippen LogP contribution is 2.23. The fourth-order valence-electron chi connectivity index (χ4n) is 1.96. The average molecular weight is 198 g/mol. The maximum Gasteiger partial charge on any atom is 0.414 e. The summed E-state index contributed by atoms with van der Waals surface area (Å²) >= 11 is 0. The molecule has 0 aromatic rings. The molecule has 0 spiro atoms. The molecule has 6 heteroatoms. The van der Waals surface area contributed by atoms with E-state index in [1.807, 2.05) is 0 Å². The summed E-state index contributed by atoms with van der Waals surface area (Å²) in [5, 5.41) is 8.70. The fourth-order valence-corrected chi connectivity index (χ4v) is 1.96.